The zero-order valence-electron chi connectivity index (χ0n) is 15.0. The molecule has 0 aliphatic heterocycles. The highest BCUT2D eigenvalue weighted by molar-refractivity contribution is 9.10. The predicted octanol–water partition coefficient (Wildman–Crippen LogP) is 4.17. The van der Waals surface area contributed by atoms with Gasteiger partial charge in [-0.2, -0.15) is 10.2 Å². The van der Waals surface area contributed by atoms with Gasteiger partial charge in [0.05, 0.1) is 18.1 Å². The zero-order chi connectivity index (χ0) is 19.8. The molecule has 28 heavy (non-hydrogen) atoms. The maximum atomic E-state index is 5.23. The Morgan fingerprint density at radius 1 is 0.786 bits per heavy atom. The third-order valence-corrected chi connectivity index (χ3v) is 4.50. The molecule has 7 heteroatoms. The van der Waals surface area contributed by atoms with Gasteiger partial charge in [0, 0.05) is 4.47 Å². The van der Waals surface area contributed by atoms with Crippen LogP contribution in [0, 0.1) is 0 Å². The summed E-state index contributed by atoms with van der Waals surface area (Å²) in [6.45, 7) is 0. The van der Waals surface area contributed by atoms with Gasteiger partial charge in [-0.3, -0.25) is 5.43 Å². The number of para-hydroxylation sites is 1. The fraction of sp³-hybridized carbons (Fsp3) is 0. The molecule has 0 heterocycles. The number of rotatable bonds is 6. The average molecular weight is 435 g/mol. The van der Waals surface area contributed by atoms with Crippen molar-refractivity contribution in [2.45, 2.75) is 0 Å². The quantitative estimate of drug-likeness (QED) is 0.308. The fourth-order valence-corrected chi connectivity index (χ4v) is 2.79. The molecule has 5 N–H and O–H groups in total. The molecule has 0 aliphatic rings. The van der Waals surface area contributed by atoms with Gasteiger partial charge >= 0.3 is 0 Å². The largest absolute Gasteiger partial charge is 0.369 e. The molecular formula is C21H19BrN6. The highest BCUT2D eigenvalue weighted by atomic mass is 79.9. The molecule has 3 aromatic carbocycles. The van der Waals surface area contributed by atoms with E-state index in [1.807, 2.05) is 60.7 Å². The van der Waals surface area contributed by atoms with Gasteiger partial charge in [-0.25, -0.2) is 0 Å². The van der Waals surface area contributed by atoms with Crippen molar-refractivity contribution in [1.82, 2.24) is 0 Å². The number of benzene rings is 3. The summed E-state index contributed by atoms with van der Waals surface area (Å²) in [6.07, 6.45) is 3.38. The fourth-order valence-electron chi connectivity index (χ4n) is 2.41. The molecule has 3 aromatic rings. The topological polar surface area (TPSA) is 101 Å². The second kappa shape index (κ2) is 9.48. The van der Waals surface area contributed by atoms with E-state index in [1.54, 1.807) is 12.4 Å². The summed E-state index contributed by atoms with van der Waals surface area (Å²) in [4.78, 5) is 0. The maximum Gasteiger partial charge on any atom is 0.211 e. The van der Waals surface area contributed by atoms with Crippen LogP contribution in [0.3, 0.4) is 0 Å². The van der Waals surface area contributed by atoms with Crippen molar-refractivity contribution >= 4 is 40.0 Å². The Labute approximate surface area is 171 Å². The van der Waals surface area contributed by atoms with E-state index in [1.165, 1.54) is 0 Å². The number of hydrazone groups is 1. The highest BCUT2D eigenvalue weighted by Gasteiger charge is 1.98. The lowest BCUT2D eigenvalue weighted by molar-refractivity contribution is 1.21. The van der Waals surface area contributed by atoms with Crippen LogP contribution in [0.1, 0.15) is 11.1 Å². The molecule has 0 spiro atoms. The van der Waals surface area contributed by atoms with E-state index >= 15 is 0 Å². The number of hydrogen-bond acceptors (Lipinski definition) is 4. The first-order chi connectivity index (χ1) is 13.6. The minimum absolute atomic E-state index is 0.0666. The summed E-state index contributed by atoms with van der Waals surface area (Å²) in [5, 5.41) is 11.7. The molecule has 0 bridgehead atoms. The Balaban J connectivity index is 1.64. The number of nitrogens with two attached hydrogens (primary N) is 2. The number of anilines is 1. The Hall–Kier alpha value is -3.45. The van der Waals surface area contributed by atoms with E-state index in [0.29, 0.717) is 0 Å². The van der Waals surface area contributed by atoms with Gasteiger partial charge in [0.25, 0.3) is 0 Å². The first-order valence-electron chi connectivity index (χ1n) is 8.48. The number of guanidine groups is 1. The van der Waals surface area contributed by atoms with Crippen molar-refractivity contribution in [1.29, 1.82) is 0 Å². The molecule has 0 saturated carbocycles. The van der Waals surface area contributed by atoms with E-state index in [2.05, 4.69) is 48.8 Å². The summed E-state index contributed by atoms with van der Waals surface area (Å²) in [5.74, 6) is -0.0666. The van der Waals surface area contributed by atoms with E-state index in [4.69, 9.17) is 11.5 Å². The SMILES string of the molecule is NC(N)=NN=Cc1ccc(-c2ccc(C=NNc3ccccc3Br)cc2)cc1. The van der Waals surface area contributed by atoms with Gasteiger partial charge in [-0.15, -0.1) is 5.10 Å². The molecule has 140 valence electrons. The van der Waals surface area contributed by atoms with Crippen LogP contribution in [0.4, 0.5) is 5.69 Å². The molecule has 0 atom stereocenters. The zero-order valence-corrected chi connectivity index (χ0v) is 16.5. The van der Waals surface area contributed by atoms with Crippen LogP contribution in [0.15, 0.2) is 92.6 Å². The number of halogens is 1. The van der Waals surface area contributed by atoms with Crippen LogP contribution in [0.5, 0.6) is 0 Å². The van der Waals surface area contributed by atoms with Crippen molar-refractivity contribution in [3.8, 4) is 11.1 Å². The van der Waals surface area contributed by atoms with Crippen LogP contribution in [-0.4, -0.2) is 18.4 Å². The second-order valence-corrected chi connectivity index (χ2v) is 6.72. The molecule has 0 unspecified atom stereocenters. The molecule has 0 radical (unpaired) electrons. The standard InChI is InChI=1S/C21H19BrN6/c22-19-3-1-2-4-20(19)27-25-13-15-5-9-17(10-6-15)18-11-7-16(8-12-18)14-26-28-21(23)24/h1-14,27H,(H4,23,24,28). The molecule has 0 fully saturated rings. The van der Waals surface area contributed by atoms with Crippen LogP contribution in [0.25, 0.3) is 11.1 Å². The lowest BCUT2D eigenvalue weighted by Gasteiger charge is -2.04. The molecule has 0 aromatic heterocycles. The van der Waals surface area contributed by atoms with Crippen molar-refractivity contribution in [2.24, 2.45) is 26.8 Å². The molecule has 3 rings (SSSR count). The average Bonchev–Trinajstić information content (AvgIpc) is 2.70. The minimum atomic E-state index is -0.0666. The van der Waals surface area contributed by atoms with E-state index in [9.17, 15) is 0 Å². The van der Waals surface area contributed by atoms with Crippen molar-refractivity contribution in [3.05, 3.63) is 88.4 Å². The summed E-state index contributed by atoms with van der Waals surface area (Å²) in [6, 6.07) is 23.9. The molecule has 0 saturated heterocycles. The lowest BCUT2D eigenvalue weighted by atomic mass is 10.0. The summed E-state index contributed by atoms with van der Waals surface area (Å²) in [5.41, 5.74) is 18.5. The van der Waals surface area contributed by atoms with E-state index in [-0.39, 0.29) is 5.96 Å². The molecule has 6 nitrogen and oxygen atoms in total. The number of nitrogens with one attached hydrogen (secondary N) is 1. The van der Waals surface area contributed by atoms with Crippen molar-refractivity contribution < 1.29 is 0 Å². The second-order valence-electron chi connectivity index (χ2n) is 5.86. The van der Waals surface area contributed by atoms with Crippen LogP contribution in [0.2, 0.25) is 0 Å². The summed E-state index contributed by atoms with van der Waals surface area (Å²) in [7, 11) is 0. The number of hydrogen-bond donors (Lipinski definition) is 3. The van der Waals surface area contributed by atoms with Gasteiger partial charge in [0.1, 0.15) is 0 Å². The number of nitrogens with zero attached hydrogens (tertiary/aromatic N) is 3. The van der Waals surface area contributed by atoms with Gasteiger partial charge in [-0.1, -0.05) is 60.7 Å². The first kappa shape index (κ1) is 19.3. The molecule has 0 amide bonds. The van der Waals surface area contributed by atoms with Crippen LogP contribution < -0.4 is 16.9 Å². The third kappa shape index (κ3) is 5.52. The van der Waals surface area contributed by atoms with Gasteiger partial charge in [0.15, 0.2) is 0 Å². The Morgan fingerprint density at radius 2 is 1.36 bits per heavy atom. The molecule has 0 aliphatic carbocycles. The third-order valence-electron chi connectivity index (χ3n) is 3.81. The highest BCUT2D eigenvalue weighted by Crippen LogP contribution is 2.21. The monoisotopic (exact) mass is 434 g/mol. The Kier molecular flexibility index (Phi) is 6.54. The minimum Gasteiger partial charge on any atom is -0.369 e. The molecular weight excluding hydrogens is 416 g/mol. The Morgan fingerprint density at radius 3 is 1.93 bits per heavy atom. The summed E-state index contributed by atoms with van der Waals surface area (Å²) < 4.78 is 0.967. The smallest absolute Gasteiger partial charge is 0.211 e. The van der Waals surface area contributed by atoms with Crippen molar-refractivity contribution in [2.75, 3.05) is 5.43 Å². The van der Waals surface area contributed by atoms with Gasteiger partial charge in [0.2, 0.25) is 5.96 Å². The van der Waals surface area contributed by atoms with Crippen molar-refractivity contribution in [3.63, 3.8) is 0 Å². The maximum absolute atomic E-state index is 5.23. The van der Waals surface area contributed by atoms with E-state index in [0.717, 1.165) is 32.4 Å². The normalized spacial score (nSPS) is 11.0. The van der Waals surface area contributed by atoms with Crippen LogP contribution >= 0.6 is 15.9 Å². The summed E-state index contributed by atoms with van der Waals surface area (Å²) >= 11 is 3.48. The lowest BCUT2D eigenvalue weighted by Crippen LogP contribution is -2.21. The van der Waals surface area contributed by atoms with Gasteiger partial charge in [-0.05, 0) is 50.3 Å². The first-order valence-corrected chi connectivity index (χ1v) is 9.27. The predicted molar refractivity (Wildman–Crippen MR) is 121 cm³/mol. The van der Waals surface area contributed by atoms with E-state index < -0.39 is 0 Å². The Bertz CT molecular complexity index is 1000. The van der Waals surface area contributed by atoms with Gasteiger partial charge < -0.3 is 11.5 Å². The van der Waals surface area contributed by atoms with Crippen LogP contribution in [-0.2, 0) is 0 Å².